The Bertz CT molecular complexity index is 632. The lowest BCUT2D eigenvalue weighted by Gasteiger charge is -2.19. The lowest BCUT2D eigenvalue weighted by molar-refractivity contribution is -0.119. The minimum atomic E-state index is -0.101. The molecule has 2 aromatic rings. The molecular formula is C14H19N5O2. The third-order valence-corrected chi connectivity index (χ3v) is 2.97. The Balaban J connectivity index is 2.15. The van der Waals surface area contributed by atoms with Gasteiger partial charge in [0.15, 0.2) is 0 Å². The number of nitrogen functional groups attached to an aromatic ring is 1. The van der Waals surface area contributed by atoms with Crippen LogP contribution in [0.5, 0.6) is 0 Å². The molecule has 0 aliphatic rings. The Kier molecular flexibility index (Phi) is 4.89. The van der Waals surface area contributed by atoms with Crippen molar-refractivity contribution in [3.8, 4) is 0 Å². The van der Waals surface area contributed by atoms with Crippen molar-refractivity contribution in [3.63, 3.8) is 0 Å². The molecule has 21 heavy (non-hydrogen) atoms. The van der Waals surface area contributed by atoms with Crippen molar-refractivity contribution < 1.29 is 9.53 Å². The number of nitrogens with zero attached hydrogens (tertiary/aromatic N) is 3. The van der Waals surface area contributed by atoms with E-state index < -0.39 is 0 Å². The zero-order chi connectivity index (χ0) is 15.2. The number of para-hydroxylation sites is 1. The van der Waals surface area contributed by atoms with Crippen LogP contribution in [0.2, 0.25) is 0 Å². The van der Waals surface area contributed by atoms with Crippen molar-refractivity contribution in [1.29, 1.82) is 0 Å². The summed E-state index contributed by atoms with van der Waals surface area (Å²) in [5, 5.41) is 3.63. The minimum absolute atomic E-state index is 0.101. The van der Waals surface area contributed by atoms with Gasteiger partial charge in [0.2, 0.25) is 11.9 Å². The summed E-state index contributed by atoms with van der Waals surface area (Å²) in [4.78, 5) is 22.0. The molecule has 0 radical (unpaired) electrons. The number of hydrogen-bond acceptors (Lipinski definition) is 6. The third-order valence-electron chi connectivity index (χ3n) is 2.97. The average molecular weight is 289 g/mol. The first kappa shape index (κ1) is 15.0. The van der Waals surface area contributed by atoms with E-state index in [-0.39, 0.29) is 18.4 Å². The number of methoxy groups -OCH3 is 1. The lowest BCUT2D eigenvalue weighted by atomic mass is 10.2. The second-order valence-corrected chi connectivity index (χ2v) is 4.62. The molecule has 0 aliphatic heterocycles. The van der Waals surface area contributed by atoms with E-state index in [9.17, 15) is 4.79 Å². The second kappa shape index (κ2) is 6.85. The highest BCUT2D eigenvalue weighted by Gasteiger charge is 2.13. The number of hydrogen-bond donors (Lipinski definition) is 2. The van der Waals surface area contributed by atoms with Crippen molar-refractivity contribution in [1.82, 2.24) is 15.3 Å². The van der Waals surface area contributed by atoms with Gasteiger partial charge in [-0.25, -0.2) is 4.98 Å². The predicted octanol–water partition coefficient (Wildman–Crippen LogP) is 0.411. The van der Waals surface area contributed by atoms with E-state index in [0.29, 0.717) is 19.0 Å². The normalized spacial score (nSPS) is 10.6. The molecule has 3 N–H and O–H groups in total. The number of aromatic nitrogens is 2. The van der Waals surface area contributed by atoms with Crippen LogP contribution in [0.3, 0.4) is 0 Å². The molecule has 0 spiro atoms. The maximum absolute atomic E-state index is 11.8. The first-order chi connectivity index (χ1) is 10.1. The Hall–Kier alpha value is -2.41. The van der Waals surface area contributed by atoms with Crippen LogP contribution in [0.1, 0.15) is 0 Å². The Labute approximate surface area is 123 Å². The van der Waals surface area contributed by atoms with Gasteiger partial charge in [-0.15, -0.1) is 0 Å². The summed E-state index contributed by atoms with van der Waals surface area (Å²) < 4.78 is 4.89. The van der Waals surface area contributed by atoms with Crippen molar-refractivity contribution in [2.45, 2.75) is 0 Å². The van der Waals surface area contributed by atoms with Crippen molar-refractivity contribution >= 4 is 28.6 Å². The second-order valence-electron chi connectivity index (χ2n) is 4.62. The van der Waals surface area contributed by atoms with Gasteiger partial charge >= 0.3 is 0 Å². The Morgan fingerprint density at radius 1 is 1.38 bits per heavy atom. The van der Waals surface area contributed by atoms with Crippen molar-refractivity contribution in [2.75, 3.05) is 44.5 Å². The number of carbonyl (C=O) groups is 1. The number of carbonyl (C=O) groups excluding carboxylic acids is 1. The topological polar surface area (TPSA) is 93.4 Å². The minimum Gasteiger partial charge on any atom is -0.383 e. The van der Waals surface area contributed by atoms with Gasteiger partial charge in [0.1, 0.15) is 5.82 Å². The van der Waals surface area contributed by atoms with Crippen LogP contribution in [0, 0.1) is 0 Å². The summed E-state index contributed by atoms with van der Waals surface area (Å²) in [5.74, 6) is 0.728. The van der Waals surface area contributed by atoms with E-state index in [1.165, 1.54) is 0 Å². The van der Waals surface area contributed by atoms with Gasteiger partial charge in [0, 0.05) is 26.1 Å². The number of anilines is 2. The van der Waals surface area contributed by atoms with Crippen LogP contribution >= 0.6 is 0 Å². The average Bonchev–Trinajstić information content (AvgIpc) is 2.46. The van der Waals surface area contributed by atoms with Crippen LogP contribution in [-0.2, 0) is 9.53 Å². The van der Waals surface area contributed by atoms with E-state index >= 15 is 0 Å². The van der Waals surface area contributed by atoms with Crippen LogP contribution in [0.25, 0.3) is 10.9 Å². The highest BCUT2D eigenvalue weighted by Crippen LogP contribution is 2.23. The van der Waals surface area contributed by atoms with Gasteiger partial charge in [-0.1, -0.05) is 12.1 Å². The maximum Gasteiger partial charge on any atom is 0.239 e. The Morgan fingerprint density at radius 3 is 2.90 bits per heavy atom. The van der Waals surface area contributed by atoms with Gasteiger partial charge < -0.3 is 20.7 Å². The van der Waals surface area contributed by atoms with Crippen LogP contribution in [0.15, 0.2) is 24.3 Å². The van der Waals surface area contributed by atoms with Crippen LogP contribution < -0.4 is 16.0 Å². The molecule has 0 atom stereocenters. The standard InChI is InChI=1S/C14H19N5O2/c1-19(9-12(20)16-7-8-21-2)13-10-5-3-4-6-11(10)17-14(15)18-13/h3-6H,7-9H2,1-2H3,(H,16,20)(H2,15,17,18). The van der Waals surface area contributed by atoms with E-state index in [1.54, 1.807) is 19.1 Å². The van der Waals surface area contributed by atoms with Crippen LogP contribution in [-0.4, -0.2) is 49.7 Å². The molecule has 112 valence electrons. The molecular weight excluding hydrogens is 270 g/mol. The summed E-state index contributed by atoms with van der Waals surface area (Å²) >= 11 is 0. The fraction of sp³-hybridized carbons (Fsp3) is 0.357. The summed E-state index contributed by atoms with van der Waals surface area (Å²) in [6.07, 6.45) is 0. The highest BCUT2D eigenvalue weighted by atomic mass is 16.5. The number of nitrogens with two attached hydrogens (primary N) is 1. The summed E-state index contributed by atoms with van der Waals surface area (Å²) in [7, 11) is 3.39. The summed E-state index contributed by atoms with van der Waals surface area (Å²) in [6.45, 7) is 1.15. The number of likely N-dealkylation sites (N-methyl/N-ethyl adjacent to an activating group) is 1. The lowest BCUT2D eigenvalue weighted by Crippen LogP contribution is -2.37. The number of fused-ring (bicyclic) bond motifs is 1. The van der Waals surface area contributed by atoms with Gasteiger partial charge in [0.25, 0.3) is 0 Å². The van der Waals surface area contributed by atoms with Gasteiger partial charge in [-0.3, -0.25) is 4.79 Å². The molecule has 2 rings (SSSR count). The first-order valence-corrected chi connectivity index (χ1v) is 6.61. The molecule has 1 aromatic heterocycles. The molecule has 1 heterocycles. The van der Waals surface area contributed by atoms with Gasteiger partial charge in [-0.05, 0) is 12.1 Å². The fourth-order valence-electron chi connectivity index (χ4n) is 2.01. The smallest absolute Gasteiger partial charge is 0.239 e. The van der Waals surface area contributed by atoms with E-state index in [1.807, 2.05) is 24.3 Å². The number of nitrogens with one attached hydrogen (secondary N) is 1. The number of ether oxygens (including phenoxy) is 1. The number of amides is 1. The Morgan fingerprint density at radius 2 is 2.14 bits per heavy atom. The molecule has 1 aromatic carbocycles. The number of rotatable bonds is 6. The zero-order valence-electron chi connectivity index (χ0n) is 12.2. The van der Waals surface area contributed by atoms with Crippen molar-refractivity contribution in [2.24, 2.45) is 0 Å². The van der Waals surface area contributed by atoms with Gasteiger partial charge in [0.05, 0.1) is 18.7 Å². The molecule has 0 unspecified atom stereocenters. The summed E-state index contributed by atoms with van der Waals surface area (Å²) in [6, 6.07) is 7.56. The highest BCUT2D eigenvalue weighted by molar-refractivity contribution is 5.92. The molecule has 7 nitrogen and oxygen atoms in total. The largest absolute Gasteiger partial charge is 0.383 e. The molecule has 0 fully saturated rings. The molecule has 0 aliphatic carbocycles. The molecule has 0 saturated heterocycles. The molecule has 1 amide bonds. The first-order valence-electron chi connectivity index (χ1n) is 6.61. The monoisotopic (exact) mass is 289 g/mol. The SMILES string of the molecule is COCCNC(=O)CN(C)c1nc(N)nc2ccccc12. The molecule has 0 bridgehead atoms. The quantitative estimate of drug-likeness (QED) is 0.748. The van der Waals surface area contributed by atoms with Crippen LogP contribution in [0.4, 0.5) is 11.8 Å². The predicted molar refractivity (Wildman–Crippen MR) is 82.1 cm³/mol. The summed E-state index contributed by atoms with van der Waals surface area (Å²) in [5.41, 5.74) is 6.48. The van der Waals surface area contributed by atoms with Crippen molar-refractivity contribution in [3.05, 3.63) is 24.3 Å². The van der Waals surface area contributed by atoms with Gasteiger partial charge in [-0.2, -0.15) is 4.98 Å². The molecule has 0 saturated carbocycles. The maximum atomic E-state index is 11.8. The van der Waals surface area contributed by atoms with E-state index in [0.717, 1.165) is 10.9 Å². The fourth-order valence-corrected chi connectivity index (χ4v) is 2.01. The zero-order valence-corrected chi connectivity index (χ0v) is 12.2. The van der Waals surface area contributed by atoms with E-state index in [2.05, 4.69) is 15.3 Å². The third kappa shape index (κ3) is 3.79. The van der Waals surface area contributed by atoms with E-state index in [4.69, 9.17) is 10.5 Å². The molecule has 7 heteroatoms. The number of benzene rings is 1.